The lowest BCUT2D eigenvalue weighted by atomic mass is 9.68. The van der Waals surface area contributed by atoms with E-state index in [1.54, 1.807) is 7.11 Å². The topological polar surface area (TPSA) is 82.2 Å². The fourth-order valence-electron chi connectivity index (χ4n) is 7.41. The highest BCUT2D eigenvalue weighted by Crippen LogP contribution is 2.45. The summed E-state index contributed by atoms with van der Waals surface area (Å²) in [6.45, 7) is 3.09. The number of benzene rings is 1. The Balaban J connectivity index is 1.15. The van der Waals surface area contributed by atoms with E-state index in [1.165, 1.54) is 36.3 Å². The molecule has 2 unspecified atom stereocenters. The lowest BCUT2D eigenvalue weighted by Crippen LogP contribution is -2.60. The molecule has 6 rings (SSSR count). The van der Waals surface area contributed by atoms with Gasteiger partial charge in [-0.25, -0.2) is 4.79 Å². The Hall–Kier alpha value is -2.87. The molecule has 192 valence electrons. The second-order valence-electron chi connectivity index (χ2n) is 11.0. The van der Waals surface area contributed by atoms with Gasteiger partial charge in [0.05, 0.1) is 26.1 Å². The molecule has 36 heavy (non-hydrogen) atoms. The predicted octanol–water partition coefficient (Wildman–Crippen LogP) is 2.93. The average molecular weight is 493 g/mol. The van der Waals surface area contributed by atoms with Crippen molar-refractivity contribution in [2.24, 2.45) is 11.8 Å². The molecule has 0 radical (unpaired) electrons. The first-order chi connectivity index (χ1) is 17.5. The quantitative estimate of drug-likeness (QED) is 0.505. The second-order valence-corrected chi connectivity index (χ2v) is 11.0. The van der Waals surface area contributed by atoms with Gasteiger partial charge in [0.2, 0.25) is 5.91 Å². The number of nitrogens with one attached hydrogen (secondary N) is 1. The van der Waals surface area contributed by atoms with E-state index < -0.39 is 12.1 Å². The van der Waals surface area contributed by atoms with Gasteiger partial charge in [-0.1, -0.05) is 36.3 Å². The van der Waals surface area contributed by atoms with Crippen molar-refractivity contribution >= 4 is 17.8 Å². The molecule has 1 N–H and O–H groups in total. The fourth-order valence-corrected chi connectivity index (χ4v) is 7.41. The molecule has 4 fully saturated rings. The lowest BCUT2D eigenvalue weighted by Gasteiger charge is -2.54. The van der Waals surface area contributed by atoms with Crippen LogP contribution in [-0.2, 0) is 16.1 Å². The van der Waals surface area contributed by atoms with Crippen molar-refractivity contribution < 1.29 is 19.1 Å². The van der Waals surface area contributed by atoms with E-state index >= 15 is 0 Å². The zero-order chi connectivity index (χ0) is 24.8. The number of carbonyl (C=O) groups excluding carboxylic acids is 3. The normalized spacial score (nSPS) is 31.9. The molecule has 5 aliphatic rings. The van der Waals surface area contributed by atoms with Crippen LogP contribution in [0.4, 0.5) is 4.79 Å². The maximum absolute atomic E-state index is 13.6. The van der Waals surface area contributed by atoms with Gasteiger partial charge in [-0.2, -0.15) is 0 Å². The molecule has 0 spiro atoms. The summed E-state index contributed by atoms with van der Waals surface area (Å²) in [5, 5.41) is 2.76. The largest absolute Gasteiger partial charge is 0.496 e. The molecule has 0 saturated carbocycles. The summed E-state index contributed by atoms with van der Waals surface area (Å²) >= 11 is 0. The molecule has 4 amide bonds. The van der Waals surface area contributed by atoms with E-state index in [2.05, 4.69) is 16.3 Å². The van der Waals surface area contributed by atoms with Crippen molar-refractivity contribution in [1.82, 2.24) is 20.0 Å². The molecule has 1 aliphatic carbocycles. The van der Waals surface area contributed by atoms with Gasteiger partial charge in [0.1, 0.15) is 11.8 Å². The molecular weight excluding hydrogens is 456 g/mol. The van der Waals surface area contributed by atoms with Gasteiger partial charge in [-0.15, -0.1) is 0 Å². The molecular formula is C28H36N4O4. The fraction of sp³-hybridized carbons (Fsp3) is 0.607. The van der Waals surface area contributed by atoms with E-state index in [9.17, 15) is 14.4 Å². The van der Waals surface area contributed by atoms with Gasteiger partial charge in [-0.3, -0.25) is 19.4 Å². The molecule has 4 saturated heterocycles. The molecule has 4 aliphatic heterocycles. The first kappa shape index (κ1) is 23.5. The number of rotatable bonds is 5. The van der Waals surface area contributed by atoms with Crippen molar-refractivity contribution in [3.05, 3.63) is 41.5 Å². The van der Waals surface area contributed by atoms with Crippen LogP contribution in [0.5, 0.6) is 5.75 Å². The maximum Gasteiger partial charge on any atom is 0.325 e. The number of imide groups is 1. The average Bonchev–Trinajstić information content (AvgIpc) is 3.16. The number of urea groups is 1. The van der Waals surface area contributed by atoms with Crippen molar-refractivity contribution in [2.75, 3.05) is 26.7 Å². The number of piperidine rings is 3. The minimum absolute atomic E-state index is 0.0132. The van der Waals surface area contributed by atoms with Crippen LogP contribution in [0.25, 0.3) is 0 Å². The highest BCUT2D eigenvalue weighted by molar-refractivity contribution is 6.05. The summed E-state index contributed by atoms with van der Waals surface area (Å²) in [5.41, 5.74) is 2.19. The number of nitrogens with zero attached hydrogens (tertiary/aromatic N) is 3. The molecule has 1 aromatic carbocycles. The first-order valence-electron chi connectivity index (χ1n) is 13.5. The number of fused-ring (bicyclic) bond motifs is 6. The Morgan fingerprint density at radius 2 is 2.00 bits per heavy atom. The Kier molecular flexibility index (Phi) is 6.23. The molecule has 5 atom stereocenters. The number of likely N-dealkylation sites (tertiary alicyclic amines) is 1. The van der Waals surface area contributed by atoms with Crippen LogP contribution < -0.4 is 10.1 Å². The van der Waals surface area contributed by atoms with E-state index in [0.29, 0.717) is 23.6 Å². The number of hydrogen-bond donors (Lipinski definition) is 1. The Morgan fingerprint density at radius 3 is 2.86 bits per heavy atom. The van der Waals surface area contributed by atoms with Crippen LogP contribution in [0.3, 0.4) is 0 Å². The summed E-state index contributed by atoms with van der Waals surface area (Å²) in [6.07, 6.45) is 9.60. The number of hydrogen-bond acceptors (Lipinski definition) is 5. The Bertz CT molecular complexity index is 1090. The van der Waals surface area contributed by atoms with E-state index in [1.807, 2.05) is 29.2 Å². The summed E-state index contributed by atoms with van der Waals surface area (Å²) in [7, 11) is 1.57. The zero-order valence-corrected chi connectivity index (χ0v) is 21.0. The minimum atomic E-state index is -0.816. The van der Waals surface area contributed by atoms with E-state index in [4.69, 9.17) is 4.74 Å². The van der Waals surface area contributed by atoms with Crippen molar-refractivity contribution in [2.45, 2.75) is 69.6 Å². The van der Waals surface area contributed by atoms with Crippen LogP contribution >= 0.6 is 0 Å². The number of ether oxygens (including phenoxy) is 1. The maximum atomic E-state index is 13.6. The summed E-state index contributed by atoms with van der Waals surface area (Å²) < 4.78 is 5.37. The predicted molar refractivity (Wildman–Crippen MR) is 134 cm³/mol. The van der Waals surface area contributed by atoms with Crippen LogP contribution in [0.1, 0.15) is 50.5 Å². The Morgan fingerprint density at radius 1 is 1.14 bits per heavy atom. The molecule has 1 aromatic rings. The van der Waals surface area contributed by atoms with Crippen LogP contribution in [0.2, 0.25) is 0 Å². The van der Waals surface area contributed by atoms with Crippen molar-refractivity contribution in [3.63, 3.8) is 0 Å². The van der Waals surface area contributed by atoms with Crippen LogP contribution in [0.15, 0.2) is 35.9 Å². The van der Waals surface area contributed by atoms with Gasteiger partial charge in [0.25, 0.3) is 5.91 Å². The number of methoxy groups -OCH3 is 1. The number of amides is 4. The summed E-state index contributed by atoms with van der Waals surface area (Å²) in [4.78, 5) is 45.3. The number of para-hydroxylation sites is 1. The third-order valence-electron chi connectivity index (χ3n) is 8.98. The van der Waals surface area contributed by atoms with Gasteiger partial charge in [0.15, 0.2) is 0 Å². The van der Waals surface area contributed by atoms with Gasteiger partial charge in [-0.05, 0) is 56.6 Å². The molecule has 0 aromatic heterocycles. The summed E-state index contributed by atoms with van der Waals surface area (Å²) in [5.74, 6) is 1.34. The third-order valence-corrected chi connectivity index (χ3v) is 8.98. The second kappa shape index (κ2) is 9.54. The number of carbonyl (C=O) groups is 3. The van der Waals surface area contributed by atoms with E-state index in [0.717, 1.165) is 37.9 Å². The Labute approximate surface area is 212 Å². The molecule has 8 heteroatoms. The minimum Gasteiger partial charge on any atom is -0.496 e. The van der Waals surface area contributed by atoms with Gasteiger partial charge in [0, 0.05) is 24.7 Å². The van der Waals surface area contributed by atoms with Crippen molar-refractivity contribution in [3.8, 4) is 5.75 Å². The highest BCUT2D eigenvalue weighted by Gasteiger charge is 2.48. The third kappa shape index (κ3) is 4.09. The molecule has 2 bridgehead atoms. The standard InChI is InChI=1S/C28H36N4O4/c1-36-24-10-3-2-7-19(24)17-32-27(34)22(29-28(32)35)15-25(33)31-12-6-8-18-13-20-14-21(26(18)31)16-30-11-5-4-9-23(20)30/h2-3,7,10,13,20-23,26H,4-6,8-9,11-12,14-17H2,1H3,(H,29,35)/t20-,21-,22-,23?,26?/m0/s1. The first-order valence-corrected chi connectivity index (χ1v) is 13.5. The highest BCUT2D eigenvalue weighted by atomic mass is 16.5. The van der Waals surface area contributed by atoms with E-state index in [-0.39, 0.29) is 30.8 Å². The lowest BCUT2D eigenvalue weighted by molar-refractivity contribution is -0.139. The van der Waals surface area contributed by atoms with Gasteiger partial charge < -0.3 is 15.0 Å². The van der Waals surface area contributed by atoms with Crippen molar-refractivity contribution in [1.29, 1.82) is 0 Å². The molecule has 8 nitrogen and oxygen atoms in total. The monoisotopic (exact) mass is 492 g/mol. The van der Waals surface area contributed by atoms with Gasteiger partial charge >= 0.3 is 6.03 Å². The zero-order valence-electron chi connectivity index (χ0n) is 21.0. The summed E-state index contributed by atoms with van der Waals surface area (Å²) in [6, 6.07) is 6.90. The van der Waals surface area contributed by atoms with Crippen LogP contribution in [0, 0.1) is 11.8 Å². The molecule has 4 heterocycles. The smallest absolute Gasteiger partial charge is 0.325 e. The van der Waals surface area contributed by atoms with Crippen LogP contribution in [-0.4, -0.2) is 77.4 Å². The SMILES string of the molecule is COc1ccccc1CN1C(=O)N[C@@H](CC(=O)N2CCCC3=C[C@H]4C[C@@H](CN5CCCCC45)C32)C1=O.